The number of likely N-dealkylation sites (tertiary alicyclic amines) is 1. The van der Waals surface area contributed by atoms with Gasteiger partial charge in [0.2, 0.25) is 0 Å². The summed E-state index contributed by atoms with van der Waals surface area (Å²) in [5.74, 6) is 0.544. The minimum atomic E-state index is -0.260. The quantitative estimate of drug-likeness (QED) is 0.342. The monoisotopic (exact) mass is 532 g/mol. The molecule has 2 saturated carbocycles. The number of nitrogens with one attached hydrogen (secondary N) is 1. The first-order chi connectivity index (χ1) is 19.5. The van der Waals surface area contributed by atoms with E-state index < -0.39 is 0 Å². The lowest BCUT2D eigenvalue weighted by Crippen LogP contribution is -2.48. The second-order valence-electron chi connectivity index (χ2n) is 12.3. The Kier molecular flexibility index (Phi) is 6.37. The SMILES string of the molecule is N#Cc1cccc([C@]23CC[C@@H](N(CCN4CC[C@H](O)C4)C(=O)Nc4ccc5c(c4)Cc4ccccc4-5)CC2C3)c1. The van der Waals surface area contributed by atoms with Gasteiger partial charge in [0.1, 0.15) is 0 Å². The lowest BCUT2D eigenvalue weighted by atomic mass is 9.80. The Balaban J connectivity index is 1.07. The van der Waals surface area contributed by atoms with E-state index in [-0.39, 0.29) is 23.6 Å². The van der Waals surface area contributed by atoms with E-state index in [2.05, 4.69) is 69.7 Å². The molecule has 6 heteroatoms. The molecular formula is C34H36N4O2. The Hall–Kier alpha value is -3.66. The van der Waals surface area contributed by atoms with Gasteiger partial charge >= 0.3 is 6.03 Å². The molecule has 4 atom stereocenters. The molecule has 204 valence electrons. The summed E-state index contributed by atoms with van der Waals surface area (Å²) in [6.45, 7) is 3.00. The molecule has 40 heavy (non-hydrogen) atoms. The number of benzene rings is 3. The van der Waals surface area contributed by atoms with E-state index in [1.165, 1.54) is 27.8 Å². The van der Waals surface area contributed by atoms with E-state index >= 15 is 0 Å². The number of hydrogen-bond donors (Lipinski definition) is 2. The summed E-state index contributed by atoms with van der Waals surface area (Å²) in [4.78, 5) is 18.2. The number of aliphatic hydroxyl groups excluding tert-OH is 1. The Morgan fingerprint density at radius 1 is 1.07 bits per heavy atom. The van der Waals surface area contributed by atoms with Crippen LogP contribution in [0.5, 0.6) is 0 Å². The third-order valence-corrected chi connectivity index (χ3v) is 9.93. The van der Waals surface area contributed by atoms with Crippen LogP contribution < -0.4 is 5.32 Å². The van der Waals surface area contributed by atoms with Crippen LogP contribution in [0.1, 0.15) is 54.4 Å². The zero-order valence-electron chi connectivity index (χ0n) is 22.9. The summed E-state index contributed by atoms with van der Waals surface area (Å²) in [6.07, 6.45) is 5.58. The molecule has 0 bridgehead atoms. The van der Waals surface area contributed by atoms with Gasteiger partial charge in [0.15, 0.2) is 0 Å². The summed E-state index contributed by atoms with van der Waals surface area (Å²) in [5.41, 5.74) is 8.18. The number of carbonyl (C=O) groups is 1. The fraction of sp³-hybridized carbons (Fsp3) is 0.412. The van der Waals surface area contributed by atoms with Crippen molar-refractivity contribution in [3.63, 3.8) is 0 Å². The first-order valence-electron chi connectivity index (χ1n) is 14.7. The van der Waals surface area contributed by atoms with Gasteiger partial charge in [-0.05, 0) is 102 Å². The number of amides is 2. The Morgan fingerprint density at radius 3 is 2.77 bits per heavy atom. The third-order valence-electron chi connectivity index (χ3n) is 9.93. The van der Waals surface area contributed by atoms with Crippen LogP contribution >= 0.6 is 0 Å². The van der Waals surface area contributed by atoms with Gasteiger partial charge in [0.05, 0.1) is 17.7 Å². The standard InChI is InChI=1S/C34H36N4O2/c35-21-23-4-3-6-26(16-23)34-12-10-29(19-27(34)20-34)38(15-14-37-13-11-30(39)22-37)33(40)36-28-8-9-32-25(18-28)17-24-5-1-2-7-31(24)32/h1-9,16,18,27,29-30,39H,10-15,17,19-20,22H2,(H,36,40)/t27?,29-,30+,34-/m1/s1. The van der Waals surface area contributed by atoms with Gasteiger partial charge in [-0.15, -0.1) is 0 Å². The summed E-state index contributed by atoms with van der Waals surface area (Å²) in [5, 5.41) is 22.7. The molecule has 1 heterocycles. The topological polar surface area (TPSA) is 79.6 Å². The zero-order chi connectivity index (χ0) is 27.3. The van der Waals surface area contributed by atoms with Crippen molar-refractivity contribution < 1.29 is 9.90 Å². The molecule has 1 saturated heterocycles. The van der Waals surface area contributed by atoms with E-state index in [1.54, 1.807) is 0 Å². The smallest absolute Gasteiger partial charge is 0.322 e. The lowest BCUT2D eigenvalue weighted by molar-refractivity contribution is 0.142. The number of nitrogens with zero attached hydrogens (tertiary/aromatic N) is 3. The molecule has 2 amide bonds. The van der Waals surface area contributed by atoms with Gasteiger partial charge in [-0.1, -0.05) is 42.5 Å². The average molecular weight is 533 g/mol. The van der Waals surface area contributed by atoms with Gasteiger partial charge in [-0.2, -0.15) is 5.26 Å². The second kappa shape index (κ2) is 10.1. The highest BCUT2D eigenvalue weighted by molar-refractivity contribution is 5.91. The molecule has 3 aromatic rings. The van der Waals surface area contributed by atoms with Crippen LogP contribution in [0.2, 0.25) is 0 Å². The number of rotatable bonds is 6. The maximum absolute atomic E-state index is 13.9. The summed E-state index contributed by atoms with van der Waals surface area (Å²) < 4.78 is 0. The van der Waals surface area contributed by atoms with Crippen LogP contribution in [0.15, 0.2) is 66.7 Å². The van der Waals surface area contributed by atoms with Gasteiger partial charge < -0.3 is 15.3 Å². The number of hydrogen-bond acceptors (Lipinski definition) is 4. The van der Waals surface area contributed by atoms with Crippen LogP contribution in [0.25, 0.3) is 11.1 Å². The molecular weight excluding hydrogens is 496 g/mol. The maximum Gasteiger partial charge on any atom is 0.322 e. The maximum atomic E-state index is 13.9. The molecule has 0 spiro atoms. The van der Waals surface area contributed by atoms with Crippen LogP contribution in [0.4, 0.5) is 10.5 Å². The van der Waals surface area contributed by atoms with Crippen molar-refractivity contribution in [3.8, 4) is 17.2 Å². The Bertz CT molecular complexity index is 1500. The molecule has 0 aromatic heterocycles. The van der Waals surface area contributed by atoms with Crippen molar-refractivity contribution in [2.24, 2.45) is 5.92 Å². The molecule has 0 radical (unpaired) electrons. The number of fused-ring (bicyclic) bond motifs is 4. The van der Waals surface area contributed by atoms with Crippen molar-refractivity contribution in [3.05, 3.63) is 89.0 Å². The molecule has 6 nitrogen and oxygen atoms in total. The Labute approximate surface area is 236 Å². The van der Waals surface area contributed by atoms with E-state index in [9.17, 15) is 15.2 Å². The summed E-state index contributed by atoms with van der Waals surface area (Å²) >= 11 is 0. The highest BCUT2D eigenvalue weighted by atomic mass is 16.3. The predicted octanol–water partition coefficient (Wildman–Crippen LogP) is 5.54. The fourth-order valence-electron chi connectivity index (χ4n) is 7.68. The largest absolute Gasteiger partial charge is 0.392 e. The molecule has 1 unspecified atom stereocenters. The van der Waals surface area contributed by atoms with Crippen LogP contribution in [-0.4, -0.2) is 59.3 Å². The number of aliphatic hydroxyl groups is 1. The first-order valence-corrected chi connectivity index (χ1v) is 14.7. The van der Waals surface area contributed by atoms with Crippen molar-refractivity contribution in [1.82, 2.24) is 9.80 Å². The number of carbonyl (C=O) groups excluding carboxylic acids is 1. The van der Waals surface area contributed by atoms with Crippen molar-refractivity contribution in [2.45, 2.75) is 56.1 Å². The molecule has 2 N–H and O–H groups in total. The molecule has 1 aliphatic heterocycles. The van der Waals surface area contributed by atoms with E-state index in [4.69, 9.17) is 0 Å². The molecule has 3 aromatic carbocycles. The molecule has 7 rings (SSSR count). The number of anilines is 1. The van der Waals surface area contributed by atoms with Crippen molar-refractivity contribution >= 4 is 11.7 Å². The van der Waals surface area contributed by atoms with Gasteiger partial charge in [0, 0.05) is 37.9 Å². The number of nitriles is 1. The van der Waals surface area contributed by atoms with Gasteiger partial charge in [0.25, 0.3) is 0 Å². The lowest BCUT2D eigenvalue weighted by Gasteiger charge is -2.37. The van der Waals surface area contributed by atoms with E-state index in [0.29, 0.717) is 19.0 Å². The van der Waals surface area contributed by atoms with Crippen LogP contribution in [0, 0.1) is 17.2 Å². The molecule has 3 aliphatic carbocycles. The number of β-amino-alcohol motifs (C(OH)–C–C–N with tert-alkyl or cyclic N) is 1. The fourth-order valence-corrected chi connectivity index (χ4v) is 7.68. The molecule has 4 aliphatic rings. The van der Waals surface area contributed by atoms with E-state index in [1.807, 2.05) is 18.2 Å². The van der Waals surface area contributed by atoms with Gasteiger partial charge in [-0.25, -0.2) is 4.79 Å². The normalized spacial score (nSPS) is 26.4. The van der Waals surface area contributed by atoms with Gasteiger partial charge in [-0.3, -0.25) is 4.90 Å². The van der Waals surface area contributed by atoms with Crippen molar-refractivity contribution in [1.29, 1.82) is 5.26 Å². The zero-order valence-corrected chi connectivity index (χ0v) is 22.9. The first kappa shape index (κ1) is 25.3. The minimum absolute atomic E-state index is 0.0279. The average Bonchev–Trinajstić information content (AvgIpc) is 3.39. The molecule has 3 fully saturated rings. The van der Waals surface area contributed by atoms with Crippen LogP contribution in [0.3, 0.4) is 0 Å². The number of urea groups is 1. The highest BCUT2D eigenvalue weighted by Crippen LogP contribution is 2.63. The van der Waals surface area contributed by atoms with Crippen molar-refractivity contribution in [2.75, 3.05) is 31.5 Å². The predicted molar refractivity (Wildman–Crippen MR) is 156 cm³/mol. The Morgan fingerprint density at radius 2 is 1.95 bits per heavy atom. The summed E-state index contributed by atoms with van der Waals surface area (Å²) in [7, 11) is 0. The minimum Gasteiger partial charge on any atom is -0.392 e. The highest BCUT2D eigenvalue weighted by Gasteiger charge is 2.58. The van der Waals surface area contributed by atoms with Crippen LogP contribution in [-0.2, 0) is 11.8 Å². The second-order valence-corrected chi connectivity index (χ2v) is 12.3. The van der Waals surface area contributed by atoms with E-state index in [0.717, 1.165) is 62.9 Å². The summed E-state index contributed by atoms with van der Waals surface area (Å²) in [6, 6.07) is 25.4. The third kappa shape index (κ3) is 4.58.